The molecule has 0 atom stereocenters. The van der Waals surface area contributed by atoms with Crippen molar-refractivity contribution in [3.63, 3.8) is 0 Å². The average molecular weight is 226 g/mol. The van der Waals surface area contributed by atoms with Crippen molar-refractivity contribution in [2.45, 2.75) is 5.88 Å². The Balaban J connectivity index is 2.35. The van der Waals surface area contributed by atoms with Crippen LogP contribution in [0.5, 0.6) is 0 Å². The summed E-state index contributed by atoms with van der Waals surface area (Å²) in [5.74, 6) is 1.08. The van der Waals surface area contributed by atoms with Gasteiger partial charge in [0.1, 0.15) is 6.07 Å². The van der Waals surface area contributed by atoms with Crippen LogP contribution in [-0.4, -0.2) is 10.1 Å². The van der Waals surface area contributed by atoms with Gasteiger partial charge in [0, 0.05) is 5.38 Å². The third-order valence-corrected chi connectivity index (χ3v) is 2.68. The third-order valence-electron chi connectivity index (χ3n) is 1.53. The molecule has 0 unspecified atom stereocenters. The first kappa shape index (κ1) is 9.19. The zero-order chi connectivity index (χ0) is 9.97. The van der Waals surface area contributed by atoms with E-state index in [0.717, 1.165) is 4.88 Å². The Bertz CT molecular complexity index is 485. The lowest BCUT2D eigenvalue weighted by Gasteiger charge is -1.81. The molecule has 2 aromatic heterocycles. The topological polar surface area (TPSA) is 62.7 Å². The van der Waals surface area contributed by atoms with Crippen molar-refractivity contribution in [2.24, 2.45) is 0 Å². The molecule has 2 aromatic rings. The molecule has 70 valence electrons. The van der Waals surface area contributed by atoms with Crippen molar-refractivity contribution in [1.29, 1.82) is 5.26 Å². The van der Waals surface area contributed by atoms with Gasteiger partial charge in [0.2, 0.25) is 0 Å². The monoisotopic (exact) mass is 225 g/mol. The largest absolute Gasteiger partial charge is 0.333 e. The minimum atomic E-state index is 0.222. The molecule has 0 aliphatic heterocycles. The number of alkyl halides is 1. The summed E-state index contributed by atoms with van der Waals surface area (Å²) in [5, 5.41) is 14.0. The Hall–Kier alpha value is -1.38. The van der Waals surface area contributed by atoms with Crippen molar-refractivity contribution in [3.8, 4) is 16.8 Å². The second-order valence-electron chi connectivity index (χ2n) is 2.46. The van der Waals surface area contributed by atoms with Crippen LogP contribution >= 0.6 is 22.9 Å². The average Bonchev–Trinajstić information content (AvgIpc) is 2.86. The van der Waals surface area contributed by atoms with E-state index in [2.05, 4.69) is 10.1 Å². The SMILES string of the molecule is N#Cc1csc(-c2nc(CCl)no2)c1. The highest BCUT2D eigenvalue weighted by atomic mass is 35.5. The summed E-state index contributed by atoms with van der Waals surface area (Å²) in [7, 11) is 0. The molecule has 0 amide bonds. The zero-order valence-electron chi connectivity index (χ0n) is 6.90. The Morgan fingerprint density at radius 3 is 3.07 bits per heavy atom. The zero-order valence-corrected chi connectivity index (χ0v) is 8.47. The van der Waals surface area contributed by atoms with Gasteiger partial charge in [-0.2, -0.15) is 10.2 Å². The predicted molar refractivity (Wildman–Crippen MR) is 51.9 cm³/mol. The van der Waals surface area contributed by atoms with Crippen LogP contribution in [0.2, 0.25) is 0 Å². The molecule has 0 saturated carbocycles. The number of hydrogen-bond donors (Lipinski definition) is 0. The first-order chi connectivity index (χ1) is 6.83. The number of halogens is 1. The molecule has 14 heavy (non-hydrogen) atoms. The predicted octanol–water partition coefficient (Wildman–Crippen LogP) is 2.41. The normalized spacial score (nSPS) is 10.0. The Morgan fingerprint density at radius 1 is 1.64 bits per heavy atom. The van der Waals surface area contributed by atoms with E-state index in [4.69, 9.17) is 21.4 Å². The van der Waals surface area contributed by atoms with Crippen molar-refractivity contribution < 1.29 is 4.52 Å². The number of nitriles is 1. The first-order valence-corrected chi connectivity index (χ1v) is 5.12. The van der Waals surface area contributed by atoms with Gasteiger partial charge >= 0.3 is 0 Å². The van der Waals surface area contributed by atoms with Crippen LogP contribution in [0.1, 0.15) is 11.4 Å². The third kappa shape index (κ3) is 1.62. The summed E-state index contributed by atoms with van der Waals surface area (Å²) in [4.78, 5) is 4.82. The van der Waals surface area contributed by atoms with E-state index in [9.17, 15) is 0 Å². The molecule has 0 aliphatic rings. The molecule has 0 N–H and O–H groups in total. The lowest BCUT2D eigenvalue weighted by Crippen LogP contribution is -1.78. The molecule has 0 saturated heterocycles. The maximum atomic E-state index is 8.62. The van der Waals surface area contributed by atoms with Crippen LogP contribution in [-0.2, 0) is 5.88 Å². The summed E-state index contributed by atoms with van der Waals surface area (Å²) in [5.41, 5.74) is 0.593. The fourth-order valence-corrected chi connectivity index (χ4v) is 1.78. The number of thiophene rings is 1. The van der Waals surface area contributed by atoms with Gasteiger partial charge in [-0.3, -0.25) is 0 Å². The van der Waals surface area contributed by atoms with E-state index in [1.54, 1.807) is 11.4 Å². The quantitative estimate of drug-likeness (QED) is 0.737. The summed E-state index contributed by atoms with van der Waals surface area (Å²) in [6.45, 7) is 0. The van der Waals surface area contributed by atoms with Gasteiger partial charge in [-0.05, 0) is 6.07 Å². The molecule has 2 rings (SSSR count). The van der Waals surface area contributed by atoms with Crippen LogP contribution in [0.4, 0.5) is 0 Å². The summed E-state index contributed by atoms with van der Waals surface area (Å²) < 4.78 is 4.95. The van der Waals surface area contributed by atoms with Gasteiger partial charge in [0.25, 0.3) is 5.89 Å². The standard InChI is InChI=1S/C8H4ClN3OS/c9-2-7-11-8(13-12-7)6-1-5(3-10)4-14-6/h1,4H,2H2. The van der Waals surface area contributed by atoms with Crippen molar-refractivity contribution >= 4 is 22.9 Å². The second-order valence-corrected chi connectivity index (χ2v) is 3.64. The molecule has 6 heteroatoms. The molecular formula is C8H4ClN3OS. The molecule has 0 aromatic carbocycles. The maximum absolute atomic E-state index is 8.62. The smallest absolute Gasteiger partial charge is 0.268 e. The van der Waals surface area contributed by atoms with Gasteiger partial charge in [-0.15, -0.1) is 22.9 Å². The van der Waals surface area contributed by atoms with E-state index in [1.807, 2.05) is 6.07 Å². The molecule has 2 heterocycles. The minimum Gasteiger partial charge on any atom is -0.333 e. The second kappa shape index (κ2) is 3.78. The molecule has 0 aliphatic carbocycles. The Kier molecular flexibility index (Phi) is 2.48. The van der Waals surface area contributed by atoms with Crippen LogP contribution in [0.3, 0.4) is 0 Å². The Morgan fingerprint density at radius 2 is 2.50 bits per heavy atom. The van der Waals surface area contributed by atoms with Crippen molar-refractivity contribution in [1.82, 2.24) is 10.1 Å². The van der Waals surface area contributed by atoms with E-state index >= 15 is 0 Å². The minimum absolute atomic E-state index is 0.222. The lowest BCUT2D eigenvalue weighted by molar-refractivity contribution is 0.426. The molecule has 0 radical (unpaired) electrons. The molecule has 0 fully saturated rings. The highest BCUT2D eigenvalue weighted by Crippen LogP contribution is 2.25. The van der Waals surface area contributed by atoms with Crippen LogP contribution in [0, 0.1) is 11.3 Å². The van der Waals surface area contributed by atoms with Crippen molar-refractivity contribution in [2.75, 3.05) is 0 Å². The first-order valence-electron chi connectivity index (χ1n) is 3.71. The highest BCUT2D eigenvalue weighted by molar-refractivity contribution is 7.13. The number of hydrogen-bond acceptors (Lipinski definition) is 5. The lowest BCUT2D eigenvalue weighted by atomic mass is 10.3. The van der Waals surface area contributed by atoms with Gasteiger partial charge in [0.15, 0.2) is 5.82 Å². The van der Waals surface area contributed by atoms with Gasteiger partial charge in [-0.25, -0.2) is 0 Å². The molecule has 0 bridgehead atoms. The van der Waals surface area contributed by atoms with E-state index in [-0.39, 0.29) is 5.88 Å². The fraction of sp³-hybridized carbons (Fsp3) is 0.125. The van der Waals surface area contributed by atoms with Gasteiger partial charge in [0.05, 0.1) is 16.3 Å². The summed E-state index contributed by atoms with van der Waals surface area (Å²) in [6.07, 6.45) is 0. The number of rotatable bonds is 2. The molecular weight excluding hydrogens is 222 g/mol. The van der Waals surface area contributed by atoms with Gasteiger partial charge < -0.3 is 4.52 Å². The Labute approximate surface area is 88.7 Å². The van der Waals surface area contributed by atoms with Crippen LogP contribution < -0.4 is 0 Å². The van der Waals surface area contributed by atoms with E-state index < -0.39 is 0 Å². The van der Waals surface area contributed by atoms with Crippen LogP contribution in [0.25, 0.3) is 10.8 Å². The summed E-state index contributed by atoms with van der Waals surface area (Å²) >= 11 is 6.92. The number of nitrogens with zero attached hydrogens (tertiary/aromatic N) is 3. The molecule has 4 nitrogen and oxygen atoms in total. The van der Waals surface area contributed by atoms with Crippen LogP contribution in [0.15, 0.2) is 16.0 Å². The van der Waals surface area contributed by atoms with E-state index in [0.29, 0.717) is 17.3 Å². The summed E-state index contributed by atoms with van der Waals surface area (Å²) in [6, 6.07) is 3.74. The number of aromatic nitrogens is 2. The maximum Gasteiger partial charge on any atom is 0.268 e. The fourth-order valence-electron chi connectivity index (χ4n) is 0.915. The van der Waals surface area contributed by atoms with Gasteiger partial charge in [-0.1, -0.05) is 5.16 Å². The van der Waals surface area contributed by atoms with E-state index in [1.165, 1.54) is 11.3 Å². The highest BCUT2D eigenvalue weighted by Gasteiger charge is 2.10. The molecule has 0 spiro atoms. The van der Waals surface area contributed by atoms with Crippen molar-refractivity contribution in [3.05, 3.63) is 22.8 Å².